The van der Waals surface area contributed by atoms with Crippen LogP contribution in [-0.4, -0.2) is 92.4 Å². The molecule has 4 amide bonds. The van der Waals surface area contributed by atoms with Crippen LogP contribution >= 0.6 is 7.60 Å². The minimum atomic E-state index is -5.83. The summed E-state index contributed by atoms with van der Waals surface area (Å²) < 4.78 is 40.3. The number of nitrogens with zero attached hydrogens (tertiary/aromatic N) is 4. The molecule has 3 aromatic rings. The molecule has 3 fully saturated rings. The van der Waals surface area contributed by atoms with E-state index in [-0.39, 0.29) is 54.7 Å². The largest absolute Gasteiger partial charge is 0.399 e. The zero-order valence-corrected chi connectivity index (χ0v) is 28.0. The highest BCUT2D eigenvalue weighted by Gasteiger charge is 2.51. The van der Waals surface area contributed by atoms with Crippen LogP contribution in [0.1, 0.15) is 53.6 Å². The number of carbonyl (C=O) groups excluding carboxylic acids is 4. The number of benzene rings is 3. The number of carbonyl (C=O) groups is 4. The average molecular weight is 708 g/mol. The van der Waals surface area contributed by atoms with E-state index < -0.39 is 54.7 Å². The van der Waals surface area contributed by atoms with Gasteiger partial charge in [-0.05, 0) is 53.8 Å². The summed E-state index contributed by atoms with van der Waals surface area (Å²) in [6, 6.07) is 16.6. The Kier molecular flexibility index (Phi) is 9.52. The zero-order valence-electron chi connectivity index (χ0n) is 27.1. The van der Waals surface area contributed by atoms with E-state index in [1.807, 2.05) is 30.3 Å². The first-order valence-electron chi connectivity index (χ1n) is 16.3. The number of nitriles is 1. The SMILES string of the molecule is CC(=O)N1CC[C@H](NC(=O)c2ccc3ccc(C(F)(F)P(=O)(O)O)cc3c2)C(=O)N2[C@H](CC[C@H]2C(=O)N2C[C@H](c3ccccc3)[C@@H](C#N)C2)C1. The topological polar surface area (TPSA) is 171 Å². The van der Waals surface area contributed by atoms with Crippen LogP contribution in [0.15, 0.2) is 66.7 Å². The molecule has 0 aliphatic carbocycles. The third-order valence-electron chi connectivity index (χ3n) is 10.1. The fourth-order valence-corrected chi connectivity index (χ4v) is 7.82. The smallest absolute Gasteiger partial charge is 0.341 e. The maximum absolute atomic E-state index is 14.4. The summed E-state index contributed by atoms with van der Waals surface area (Å²) in [5, 5.41) is 13.2. The molecule has 262 valence electrons. The standard InChI is InChI=1S/C35H36F2N5O7P/c1-21(43)40-14-13-30(39-32(44)24-8-7-22-9-10-27(16-25(22)15-24)35(36,37)50(47,48)49)33(45)42-28(19-40)11-12-31(42)34(46)41-18-26(17-38)29(20-41)23-5-3-2-4-6-23/h2-10,15-16,26,28-31H,11-14,18-20H2,1H3,(H,39,44)(H2,47,48,49)/t26-,28+,29+,30-,31-/m0/s1. The van der Waals surface area contributed by atoms with E-state index >= 15 is 0 Å². The predicted molar refractivity (Wildman–Crippen MR) is 177 cm³/mol. The van der Waals surface area contributed by atoms with Crippen molar-refractivity contribution in [3.63, 3.8) is 0 Å². The molecule has 6 rings (SSSR count). The van der Waals surface area contributed by atoms with Gasteiger partial charge in [0.25, 0.3) is 5.91 Å². The Bertz CT molecular complexity index is 1930. The highest BCUT2D eigenvalue weighted by molar-refractivity contribution is 7.52. The summed E-state index contributed by atoms with van der Waals surface area (Å²) >= 11 is 0. The highest BCUT2D eigenvalue weighted by Crippen LogP contribution is 2.59. The second-order valence-electron chi connectivity index (χ2n) is 13.1. The van der Waals surface area contributed by atoms with Gasteiger partial charge in [-0.1, -0.05) is 48.5 Å². The van der Waals surface area contributed by atoms with Crippen LogP contribution in [0, 0.1) is 17.2 Å². The van der Waals surface area contributed by atoms with Crippen molar-refractivity contribution >= 4 is 42.0 Å². The van der Waals surface area contributed by atoms with Gasteiger partial charge in [-0.3, -0.25) is 23.7 Å². The minimum absolute atomic E-state index is 0.00425. The maximum atomic E-state index is 14.4. The molecular formula is C35H36F2N5O7P. The Morgan fingerprint density at radius 1 is 0.940 bits per heavy atom. The molecule has 12 nitrogen and oxygen atoms in total. The average Bonchev–Trinajstić information content (AvgIpc) is 3.72. The van der Waals surface area contributed by atoms with Gasteiger partial charge >= 0.3 is 13.3 Å². The molecule has 0 bridgehead atoms. The molecule has 3 heterocycles. The number of amides is 4. The molecule has 0 radical (unpaired) electrons. The summed E-state index contributed by atoms with van der Waals surface area (Å²) in [5.74, 6) is -2.33. The van der Waals surface area contributed by atoms with Crippen molar-refractivity contribution < 1.29 is 42.3 Å². The number of nitrogens with one attached hydrogen (secondary N) is 1. The van der Waals surface area contributed by atoms with Gasteiger partial charge in [0.05, 0.1) is 18.0 Å². The van der Waals surface area contributed by atoms with Gasteiger partial charge in [-0.2, -0.15) is 14.0 Å². The molecule has 50 heavy (non-hydrogen) atoms. The molecule has 3 N–H and O–H groups in total. The lowest BCUT2D eigenvalue weighted by Crippen LogP contribution is -2.60. The summed E-state index contributed by atoms with van der Waals surface area (Å²) in [7, 11) is -5.83. The van der Waals surface area contributed by atoms with E-state index in [9.17, 15) is 47.6 Å². The summed E-state index contributed by atoms with van der Waals surface area (Å²) in [6.45, 7) is 2.33. The highest BCUT2D eigenvalue weighted by atomic mass is 31.2. The van der Waals surface area contributed by atoms with E-state index in [1.165, 1.54) is 36.1 Å². The van der Waals surface area contributed by atoms with Crippen LogP contribution in [-0.2, 0) is 24.6 Å². The lowest BCUT2D eigenvalue weighted by Gasteiger charge is -2.39. The Morgan fingerprint density at radius 2 is 1.66 bits per heavy atom. The van der Waals surface area contributed by atoms with E-state index in [2.05, 4.69) is 11.4 Å². The normalized spacial score (nSPS) is 24.4. The number of fused-ring (bicyclic) bond motifs is 2. The van der Waals surface area contributed by atoms with E-state index in [0.29, 0.717) is 24.8 Å². The van der Waals surface area contributed by atoms with Crippen molar-refractivity contribution in [3.8, 4) is 6.07 Å². The van der Waals surface area contributed by atoms with Crippen molar-refractivity contribution in [1.82, 2.24) is 20.0 Å². The van der Waals surface area contributed by atoms with Crippen LogP contribution in [0.2, 0.25) is 0 Å². The Morgan fingerprint density at radius 3 is 2.34 bits per heavy atom. The van der Waals surface area contributed by atoms with Gasteiger partial charge in [0.15, 0.2) is 0 Å². The number of alkyl halides is 2. The lowest BCUT2D eigenvalue weighted by atomic mass is 9.90. The van der Waals surface area contributed by atoms with Crippen LogP contribution in [0.4, 0.5) is 8.78 Å². The van der Waals surface area contributed by atoms with Crippen molar-refractivity contribution in [2.75, 3.05) is 26.2 Å². The number of hydrogen-bond donors (Lipinski definition) is 3. The van der Waals surface area contributed by atoms with E-state index in [0.717, 1.165) is 17.7 Å². The van der Waals surface area contributed by atoms with Gasteiger partial charge in [-0.15, -0.1) is 0 Å². The molecule has 3 aromatic carbocycles. The second kappa shape index (κ2) is 13.5. The van der Waals surface area contributed by atoms with Crippen molar-refractivity contribution in [2.45, 2.75) is 55.9 Å². The molecule has 0 aromatic heterocycles. The Labute approximate surface area is 286 Å². The summed E-state index contributed by atoms with van der Waals surface area (Å²) in [5.41, 5.74) is -4.41. The third-order valence-corrected chi connectivity index (χ3v) is 11.0. The van der Waals surface area contributed by atoms with Gasteiger partial charge < -0.3 is 29.8 Å². The first-order valence-corrected chi connectivity index (χ1v) is 17.9. The monoisotopic (exact) mass is 707 g/mol. The van der Waals surface area contributed by atoms with Crippen LogP contribution < -0.4 is 5.32 Å². The van der Waals surface area contributed by atoms with E-state index in [1.54, 1.807) is 9.80 Å². The summed E-state index contributed by atoms with van der Waals surface area (Å²) in [6.07, 6.45) is 0.852. The van der Waals surface area contributed by atoms with Gasteiger partial charge in [0.2, 0.25) is 17.7 Å². The molecule has 0 saturated carbocycles. The molecule has 5 atom stereocenters. The first-order chi connectivity index (χ1) is 23.7. The van der Waals surface area contributed by atoms with Crippen LogP contribution in [0.25, 0.3) is 10.8 Å². The number of hydrogen-bond acceptors (Lipinski definition) is 6. The first kappa shape index (κ1) is 35.1. The molecule has 0 spiro atoms. The quantitative estimate of drug-likeness (QED) is 0.327. The molecule has 3 aliphatic rings. The van der Waals surface area contributed by atoms with Gasteiger partial charge in [0, 0.05) is 50.1 Å². The zero-order chi connectivity index (χ0) is 36.0. The maximum Gasteiger partial charge on any atom is 0.399 e. The van der Waals surface area contributed by atoms with Crippen LogP contribution in [0.3, 0.4) is 0 Å². The second-order valence-corrected chi connectivity index (χ2v) is 14.8. The fourth-order valence-electron chi connectivity index (χ4n) is 7.34. The van der Waals surface area contributed by atoms with Crippen LogP contribution in [0.5, 0.6) is 0 Å². The van der Waals surface area contributed by atoms with Gasteiger partial charge in [0.1, 0.15) is 12.1 Å². The molecule has 15 heteroatoms. The number of rotatable bonds is 6. The van der Waals surface area contributed by atoms with Crippen molar-refractivity contribution in [2.24, 2.45) is 5.92 Å². The Balaban J connectivity index is 1.25. The number of likely N-dealkylation sites (tertiary alicyclic amines) is 1. The molecule has 3 saturated heterocycles. The number of halogens is 2. The fraction of sp³-hybridized carbons (Fsp3) is 0.400. The molecule has 3 aliphatic heterocycles. The molecule has 0 unspecified atom stereocenters. The van der Waals surface area contributed by atoms with E-state index in [4.69, 9.17) is 0 Å². The third kappa shape index (κ3) is 6.61. The molecular weight excluding hydrogens is 671 g/mol. The minimum Gasteiger partial charge on any atom is -0.341 e. The van der Waals surface area contributed by atoms with Crippen molar-refractivity contribution in [3.05, 3.63) is 83.4 Å². The Hall–Kier alpha value is -4.70. The lowest BCUT2D eigenvalue weighted by molar-refractivity contribution is -0.148. The van der Waals surface area contributed by atoms with Crippen molar-refractivity contribution in [1.29, 1.82) is 5.26 Å². The summed E-state index contributed by atoms with van der Waals surface area (Å²) in [4.78, 5) is 77.5. The predicted octanol–water partition coefficient (Wildman–Crippen LogP) is 3.54. The van der Waals surface area contributed by atoms with Gasteiger partial charge in [-0.25, -0.2) is 0 Å².